The van der Waals surface area contributed by atoms with Crippen molar-refractivity contribution in [1.29, 1.82) is 0 Å². The molecule has 1 aliphatic heterocycles. The van der Waals surface area contributed by atoms with Crippen LogP contribution in [-0.4, -0.2) is 5.91 Å². The first-order valence-corrected chi connectivity index (χ1v) is 10.8. The van der Waals surface area contributed by atoms with Crippen LogP contribution in [0.15, 0.2) is 115 Å². The number of anilines is 1. The summed E-state index contributed by atoms with van der Waals surface area (Å²) in [6.45, 7) is 0. The number of rotatable bonds is 4. The van der Waals surface area contributed by atoms with Crippen LogP contribution in [0.2, 0.25) is 0 Å². The van der Waals surface area contributed by atoms with Crippen molar-refractivity contribution in [1.82, 2.24) is 0 Å². The third-order valence-corrected chi connectivity index (χ3v) is 6.32. The lowest BCUT2D eigenvalue weighted by atomic mass is 9.70. The maximum atomic E-state index is 13.6. The first-order chi connectivity index (χ1) is 15.3. The zero-order chi connectivity index (χ0) is 21.0. The fourth-order valence-electron chi connectivity index (χ4n) is 4.93. The van der Waals surface area contributed by atoms with Gasteiger partial charge < -0.3 is 5.32 Å². The van der Waals surface area contributed by atoms with E-state index in [2.05, 4.69) is 84.2 Å². The minimum absolute atomic E-state index is 0.0208. The van der Waals surface area contributed by atoms with Crippen LogP contribution < -0.4 is 5.32 Å². The second-order valence-electron chi connectivity index (χ2n) is 8.20. The zero-order valence-corrected chi connectivity index (χ0v) is 17.3. The van der Waals surface area contributed by atoms with Crippen LogP contribution in [0, 0.1) is 5.92 Å². The average Bonchev–Trinajstić information content (AvgIpc) is 2.95. The van der Waals surface area contributed by atoms with Gasteiger partial charge in [-0.2, -0.15) is 0 Å². The van der Waals surface area contributed by atoms with E-state index in [9.17, 15) is 4.79 Å². The normalized spacial score (nSPS) is 20.4. The van der Waals surface area contributed by atoms with Gasteiger partial charge in [-0.05, 0) is 34.7 Å². The minimum atomic E-state index is -0.192. The molecule has 0 radical (unpaired) electrons. The number of carbonyl (C=O) groups excluding carboxylic acids is 1. The second-order valence-corrected chi connectivity index (χ2v) is 8.20. The topological polar surface area (TPSA) is 29.1 Å². The Labute approximate surface area is 183 Å². The van der Waals surface area contributed by atoms with Gasteiger partial charge >= 0.3 is 0 Å². The van der Waals surface area contributed by atoms with E-state index >= 15 is 0 Å². The van der Waals surface area contributed by atoms with Gasteiger partial charge in [-0.15, -0.1) is 0 Å². The van der Waals surface area contributed by atoms with Crippen LogP contribution in [0.3, 0.4) is 0 Å². The molecule has 0 aromatic heterocycles. The number of para-hydroxylation sites is 1. The van der Waals surface area contributed by atoms with Crippen molar-refractivity contribution in [2.75, 3.05) is 5.32 Å². The molecular formula is C29H25NO. The van der Waals surface area contributed by atoms with Gasteiger partial charge in [0.2, 0.25) is 5.91 Å². The Bertz CT molecular complexity index is 1160. The summed E-state index contributed by atoms with van der Waals surface area (Å²) in [6.07, 6.45) is 0.698. The molecule has 0 unspecified atom stereocenters. The van der Waals surface area contributed by atoms with Gasteiger partial charge in [-0.1, -0.05) is 109 Å². The van der Waals surface area contributed by atoms with Gasteiger partial charge in [0, 0.05) is 17.5 Å². The Morgan fingerprint density at radius 2 is 1.16 bits per heavy atom. The molecule has 0 spiro atoms. The zero-order valence-electron chi connectivity index (χ0n) is 17.3. The average molecular weight is 404 g/mol. The molecule has 0 saturated heterocycles. The van der Waals surface area contributed by atoms with Crippen LogP contribution in [0.1, 0.15) is 34.1 Å². The van der Waals surface area contributed by atoms with Crippen molar-refractivity contribution < 1.29 is 4.79 Å². The van der Waals surface area contributed by atoms with E-state index in [1.165, 1.54) is 22.3 Å². The van der Waals surface area contributed by atoms with E-state index < -0.39 is 0 Å². The molecule has 0 saturated carbocycles. The largest absolute Gasteiger partial charge is 0.326 e. The molecule has 1 amide bonds. The summed E-state index contributed by atoms with van der Waals surface area (Å²) < 4.78 is 0. The molecular weight excluding hydrogens is 378 g/mol. The molecule has 0 aliphatic carbocycles. The summed E-state index contributed by atoms with van der Waals surface area (Å²) in [5.41, 5.74) is 5.70. The van der Waals surface area contributed by atoms with Crippen LogP contribution >= 0.6 is 0 Å². The number of benzene rings is 4. The Morgan fingerprint density at radius 3 is 1.84 bits per heavy atom. The van der Waals surface area contributed by atoms with E-state index in [1.807, 2.05) is 36.4 Å². The lowest BCUT2D eigenvalue weighted by Gasteiger charge is -2.32. The SMILES string of the molecule is O=C1Nc2ccccc2[C@@H](c2ccccc2)[C@@H](c2ccccc2)[C@@H]1Cc1ccccc1. The molecule has 4 aromatic carbocycles. The minimum Gasteiger partial charge on any atom is -0.326 e. The van der Waals surface area contributed by atoms with Crippen LogP contribution in [0.5, 0.6) is 0 Å². The number of nitrogens with one attached hydrogen (secondary N) is 1. The van der Waals surface area contributed by atoms with Crippen molar-refractivity contribution in [3.05, 3.63) is 138 Å². The fraction of sp³-hybridized carbons (Fsp3) is 0.138. The summed E-state index contributed by atoms with van der Waals surface area (Å²) in [5.74, 6) is -0.00842. The molecule has 3 atom stereocenters. The Balaban J connectivity index is 1.72. The van der Waals surface area contributed by atoms with Crippen LogP contribution in [0.4, 0.5) is 5.69 Å². The molecule has 31 heavy (non-hydrogen) atoms. The highest BCUT2D eigenvalue weighted by atomic mass is 16.1. The number of hydrogen-bond acceptors (Lipinski definition) is 1. The van der Waals surface area contributed by atoms with Gasteiger partial charge in [0.05, 0.1) is 5.92 Å². The number of fused-ring (bicyclic) bond motifs is 1. The lowest BCUT2D eigenvalue weighted by molar-refractivity contribution is -0.120. The van der Waals surface area contributed by atoms with Gasteiger partial charge in [0.1, 0.15) is 0 Å². The molecule has 2 heteroatoms. The highest BCUT2D eigenvalue weighted by Crippen LogP contribution is 2.48. The first-order valence-electron chi connectivity index (χ1n) is 10.8. The predicted molar refractivity (Wildman–Crippen MR) is 126 cm³/mol. The summed E-state index contributed by atoms with van der Waals surface area (Å²) >= 11 is 0. The summed E-state index contributed by atoms with van der Waals surface area (Å²) in [4.78, 5) is 13.6. The second kappa shape index (κ2) is 8.61. The van der Waals surface area contributed by atoms with Crippen LogP contribution in [0.25, 0.3) is 0 Å². The molecule has 1 heterocycles. The van der Waals surface area contributed by atoms with Gasteiger partial charge in [0.25, 0.3) is 0 Å². The standard InChI is InChI=1S/C29H25NO/c31-29-25(20-21-12-4-1-5-13-21)28(23-16-8-3-9-17-23)27(22-14-6-2-7-15-22)24-18-10-11-19-26(24)30-29/h1-19,25,27-28H,20H2,(H,30,31)/t25-,27+,28-/m0/s1. The number of carbonyl (C=O) groups is 1. The molecule has 2 nitrogen and oxygen atoms in total. The highest BCUT2D eigenvalue weighted by molar-refractivity contribution is 5.95. The predicted octanol–water partition coefficient (Wildman–Crippen LogP) is 6.41. The molecule has 1 aliphatic rings. The molecule has 0 fully saturated rings. The van der Waals surface area contributed by atoms with Gasteiger partial charge in [-0.3, -0.25) is 4.79 Å². The lowest BCUT2D eigenvalue weighted by Crippen LogP contribution is -2.30. The smallest absolute Gasteiger partial charge is 0.228 e. The fourth-order valence-corrected chi connectivity index (χ4v) is 4.93. The van der Waals surface area contributed by atoms with Crippen LogP contribution in [-0.2, 0) is 11.2 Å². The summed E-state index contributed by atoms with van der Waals surface area (Å²) in [6, 6.07) is 39.7. The Hall–Kier alpha value is -3.65. The highest BCUT2D eigenvalue weighted by Gasteiger charge is 2.40. The summed E-state index contributed by atoms with van der Waals surface area (Å²) in [5, 5.41) is 3.25. The van der Waals surface area contributed by atoms with E-state index in [0.29, 0.717) is 6.42 Å². The number of amides is 1. The van der Waals surface area contributed by atoms with Gasteiger partial charge in [0.15, 0.2) is 0 Å². The first kappa shape index (κ1) is 19.3. The van der Waals surface area contributed by atoms with Crippen molar-refractivity contribution in [2.45, 2.75) is 18.3 Å². The van der Waals surface area contributed by atoms with Gasteiger partial charge in [-0.25, -0.2) is 0 Å². The van der Waals surface area contributed by atoms with Crippen molar-refractivity contribution in [3.63, 3.8) is 0 Å². The Morgan fingerprint density at radius 1 is 0.613 bits per heavy atom. The molecule has 0 bridgehead atoms. The molecule has 152 valence electrons. The molecule has 5 rings (SSSR count). The summed E-state index contributed by atoms with van der Waals surface area (Å²) in [7, 11) is 0. The molecule has 4 aromatic rings. The van der Waals surface area contributed by atoms with Crippen molar-refractivity contribution in [2.24, 2.45) is 5.92 Å². The van der Waals surface area contributed by atoms with E-state index in [1.54, 1.807) is 0 Å². The quantitative estimate of drug-likeness (QED) is 0.419. The van der Waals surface area contributed by atoms with E-state index in [0.717, 1.165) is 5.69 Å². The molecule has 1 N–H and O–H groups in total. The monoisotopic (exact) mass is 403 g/mol. The number of hydrogen-bond donors (Lipinski definition) is 1. The maximum absolute atomic E-state index is 13.6. The van der Waals surface area contributed by atoms with E-state index in [4.69, 9.17) is 0 Å². The van der Waals surface area contributed by atoms with Crippen molar-refractivity contribution >= 4 is 11.6 Å². The third kappa shape index (κ3) is 3.89. The van der Waals surface area contributed by atoms with Crippen molar-refractivity contribution in [3.8, 4) is 0 Å². The van der Waals surface area contributed by atoms with E-state index in [-0.39, 0.29) is 23.7 Å². The third-order valence-electron chi connectivity index (χ3n) is 6.32. The Kier molecular flexibility index (Phi) is 5.37. The maximum Gasteiger partial charge on any atom is 0.228 e.